The van der Waals surface area contributed by atoms with Crippen LogP contribution in [0.4, 0.5) is 5.69 Å². The SMILES string of the molecule is COc1cc(NC(=O)C(Cc2ccccc2)n2cnnn2)cc(OC)c1. The number of methoxy groups -OCH3 is 2. The molecule has 0 aliphatic carbocycles. The fourth-order valence-electron chi connectivity index (χ4n) is 2.56. The minimum Gasteiger partial charge on any atom is -0.497 e. The van der Waals surface area contributed by atoms with E-state index >= 15 is 0 Å². The molecule has 0 fully saturated rings. The molecule has 1 aromatic heterocycles. The third kappa shape index (κ3) is 4.15. The minimum atomic E-state index is -0.593. The summed E-state index contributed by atoms with van der Waals surface area (Å²) in [5, 5.41) is 14.1. The molecule has 3 rings (SSSR count). The van der Waals surface area contributed by atoms with Gasteiger partial charge >= 0.3 is 0 Å². The Labute approximate surface area is 150 Å². The van der Waals surface area contributed by atoms with Crippen molar-refractivity contribution < 1.29 is 14.3 Å². The van der Waals surface area contributed by atoms with Gasteiger partial charge in [0, 0.05) is 30.3 Å². The standard InChI is InChI=1S/C18H19N5O3/c1-25-15-9-14(10-16(11-15)26-2)20-18(24)17(23-12-19-21-22-23)8-13-6-4-3-5-7-13/h3-7,9-12,17H,8H2,1-2H3,(H,20,24). The molecule has 8 nitrogen and oxygen atoms in total. The van der Waals surface area contributed by atoms with Gasteiger partial charge in [-0.2, -0.15) is 0 Å². The third-order valence-electron chi connectivity index (χ3n) is 3.88. The smallest absolute Gasteiger partial charge is 0.249 e. The molecule has 0 aliphatic heterocycles. The van der Waals surface area contributed by atoms with Crippen LogP contribution in [0.2, 0.25) is 0 Å². The summed E-state index contributed by atoms with van der Waals surface area (Å²) in [7, 11) is 3.11. The summed E-state index contributed by atoms with van der Waals surface area (Å²) < 4.78 is 11.9. The summed E-state index contributed by atoms with van der Waals surface area (Å²) in [5.74, 6) is 0.930. The van der Waals surface area contributed by atoms with Gasteiger partial charge < -0.3 is 14.8 Å². The van der Waals surface area contributed by atoms with E-state index in [9.17, 15) is 4.79 Å². The van der Waals surface area contributed by atoms with Crippen LogP contribution in [0.3, 0.4) is 0 Å². The van der Waals surface area contributed by atoms with Crippen molar-refractivity contribution >= 4 is 11.6 Å². The molecule has 1 N–H and O–H groups in total. The number of rotatable bonds is 7. The number of nitrogens with zero attached hydrogens (tertiary/aromatic N) is 4. The lowest BCUT2D eigenvalue weighted by Gasteiger charge is -2.17. The predicted molar refractivity (Wildman–Crippen MR) is 95.2 cm³/mol. The van der Waals surface area contributed by atoms with E-state index in [-0.39, 0.29) is 5.91 Å². The Hall–Kier alpha value is -3.42. The van der Waals surface area contributed by atoms with Crippen LogP contribution in [0.5, 0.6) is 11.5 Å². The fraction of sp³-hybridized carbons (Fsp3) is 0.222. The summed E-state index contributed by atoms with van der Waals surface area (Å²) in [5.41, 5.74) is 1.57. The van der Waals surface area contributed by atoms with Crippen LogP contribution >= 0.6 is 0 Å². The van der Waals surface area contributed by atoms with E-state index in [1.165, 1.54) is 11.0 Å². The highest BCUT2D eigenvalue weighted by Gasteiger charge is 2.23. The van der Waals surface area contributed by atoms with Gasteiger partial charge in [0.2, 0.25) is 5.91 Å². The van der Waals surface area contributed by atoms with Gasteiger partial charge in [-0.1, -0.05) is 30.3 Å². The van der Waals surface area contributed by atoms with E-state index in [0.29, 0.717) is 23.6 Å². The van der Waals surface area contributed by atoms with Crippen molar-refractivity contribution in [3.63, 3.8) is 0 Å². The Balaban J connectivity index is 1.84. The van der Waals surface area contributed by atoms with Gasteiger partial charge in [-0.05, 0) is 16.0 Å². The van der Waals surface area contributed by atoms with E-state index in [4.69, 9.17) is 9.47 Å². The maximum Gasteiger partial charge on any atom is 0.249 e. The summed E-state index contributed by atoms with van der Waals surface area (Å²) in [4.78, 5) is 12.9. The number of benzene rings is 2. The van der Waals surface area contributed by atoms with Crippen molar-refractivity contribution in [3.05, 3.63) is 60.4 Å². The summed E-state index contributed by atoms with van der Waals surface area (Å²) in [6.45, 7) is 0. The number of carbonyl (C=O) groups is 1. The highest BCUT2D eigenvalue weighted by molar-refractivity contribution is 5.94. The second-order valence-electron chi connectivity index (χ2n) is 5.59. The number of tetrazole rings is 1. The van der Waals surface area contributed by atoms with Crippen LogP contribution in [0.1, 0.15) is 11.6 Å². The van der Waals surface area contributed by atoms with E-state index in [0.717, 1.165) is 5.56 Å². The van der Waals surface area contributed by atoms with E-state index in [2.05, 4.69) is 20.8 Å². The molecule has 0 bridgehead atoms. The molecule has 0 radical (unpaired) electrons. The van der Waals surface area contributed by atoms with Gasteiger partial charge in [-0.3, -0.25) is 4.79 Å². The summed E-state index contributed by atoms with van der Waals surface area (Å²) >= 11 is 0. The molecular formula is C18H19N5O3. The highest BCUT2D eigenvalue weighted by atomic mass is 16.5. The van der Waals surface area contributed by atoms with Crippen LogP contribution in [0, 0.1) is 0 Å². The number of hydrogen-bond donors (Lipinski definition) is 1. The van der Waals surface area contributed by atoms with Crippen molar-refractivity contribution in [2.45, 2.75) is 12.5 Å². The Morgan fingerprint density at radius 3 is 2.38 bits per heavy atom. The molecule has 0 aliphatic rings. The highest BCUT2D eigenvalue weighted by Crippen LogP contribution is 2.26. The maximum atomic E-state index is 12.9. The zero-order valence-corrected chi connectivity index (χ0v) is 14.5. The molecule has 0 spiro atoms. The van der Waals surface area contributed by atoms with Crippen molar-refractivity contribution in [1.82, 2.24) is 20.2 Å². The number of amides is 1. The second kappa shape index (κ2) is 8.11. The van der Waals surface area contributed by atoms with Crippen LogP contribution < -0.4 is 14.8 Å². The quantitative estimate of drug-likeness (QED) is 0.699. The Morgan fingerprint density at radius 2 is 1.81 bits per heavy atom. The fourth-order valence-corrected chi connectivity index (χ4v) is 2.56. The van der Waals surface area contributed by atoms with Gasteiger partial charge in [-0.25, -0.2) is 4.68 Å². The number of anilines is 1. The third-order valence-corrected chi connectivity index (χ3v) is 3.88. The number of nitrogens with one attached hydrogen (secondary N) is 1. The minimum absolute atomic E-state index is 0.239. The molecular weight excluding hydrogens is 334 g/mol. The Bertz CT molecular complexity index is 830. The number of aromatic nitrogens is 4. The van der Waals surface area contributed by atoms with Crippen LogP contribution in [-0.2, 0) is 11.2 Å². The molecule has 134 valence electrons. The number of hydrogen-bond acceptors (Lipinski definition) is 6. The molecule has 3 aromatic rings. The molecule has 1 atom stereocenters. The van der Waals surface area contributed by atoms with Crippen LogP contribution in [0.25, 0.3) is 0 Å². The van der Waals surface area contributed by atoms with Gasteiger partial charge in [0.1, 0.15) is 23.9 Å². The van der Waals surface area contributed by atoms with Crippen molar-refractivity contribution in [1.29, 1.82) is 0 Å². The average molecular weight is 353 g/mol. The lowest BCUT2D eigenvalue weighted by Crippen LogP contribution is -2.28. The molecule has 1 amide bonds. The molecule has 1 unspecified atom stereocenters. The Kier molecular flexibility index (Phi) is 5.43. The average Bonchev–Trinajstić information content (AvgIpc) is 3.20. The lowest BCUT2D eigenvalue weighted by atomic mass is 10.1. The first-order valence-corrected chi connectivity index (χ1v) is 8.00. The molecule has 0 saturated carbocycles. The van der Waals surface area contributed by atoms with Gasteiger partial charge in [0.05, 0.1) is 14.2 Å². The summed E-state index contributed by atoms with van der Waals surface area (Å²) in [6, 6.07) is 14.3. The lowest BCUT2D eigenvalue weighted by molar-refractivity contribution is -0.119. The second-order valence-corrected chi connectivity index (χ2v) is 5.59. The first-order chi connectivity index (χ1) is 12.7. The van der Waals surface area contributed by atoms with E-state index in [1.54, 1.807) is 32.4 Å². The molecule has 1 heterocycles. The molecule has 8 heteroatoms. The zero-order chi connectivity index (χ0) is 18.4. The zero-order valence-electron chi connectivity index (χ0n) is 14.5. The molecule has 0 saturated heterocycles. The van der Waals surface area contributed by atoms with Gasteiger partial charge in [0.15, 0.2) is 0 Å². The van der Waals surface area contributed by atoms with Crippen molar-refractivity contribution in [2.24, 2.45) is 0 Å². The van der Waals surface area contributed by atoms with Crippen molar-refractivity contribution in [3.8, 4) is 11.5 Å². The monoisotopic (exact) mass is 353 g/mol. The normalized spacial score (nSPS) is 11.6. The maximum absolute atomic E-state index is 12.9. The van der Waals surface area contributed by atoms with Crippen molar-refractivity contribution in [2.75, 3.05) is 19.5 Å². The molecule has 26 heavy (non-hydrogen) atoms. The summed E-state index contributed by atoms with van der Waals surface area (Å²) in [6.07, 6.45) is 1.89. The predicted octanol–water partition coefficient (Wildman–Crippen LogP) is 2.11. The van der Waals surface area contributed by atoms with Crippen LogP contribution in [-0.4, -0.2) is 40.3 Å². The topological polar surface area (TPSA) is 91.2 Å². The largest absolute Gasteiger partial charge is 0.497 e. The Morgan fingerprint density at radius 1 is 1.12 bits per heavy atom. The number of carbonyl (C=O) groups excluding carboxylic acids is 1. The van der Waals surface area contributed by atoms with Crippen LogP contribution in [0.15, 0.2) is 54.9 Å². The van der Waals surface area contributed by atoms with Gasteiger partial charge in [-0.15, -0.1) is 5.10 Å². The number of ether oxygens (including phenoxy) is 2. The van der Waals surface area contributed by atoms with Gasteiger partial charge in [0.25, 0.3) is 0 Å². The first-order valence-electron chi connectivity index (χ1n) is 8.00. The first kappa shape index (κ1) is 17.4. The van der Waals surface area contributed by atoms with E-state index in [1.807, 2.05) is 30.3 Å². The molecule has 2 aromatic carbocycles. The van der Waals surface area contributed by atoms with E-state index < -0.39 is 6.04 Å².